The first-order valence-corrected chi connectivity index (χ1v) is 6.44. The zero-order valence-electron chi connectivity index (χ0n) is 10.3. The molecule has 3 N–H and O–H groups in total. The molecule has 0 bridgehead atoms. The molecule has 1 aromatic carbocycles. The van der Waals surface area contributed by atoms with Crippen LogP contribution in [-0.4, -0.2) is 10.1 Å². The number of aromatic nitrogens is 1. The molecule has 0 aliphatic carbocycles. The minimum Gasteiger partial charge on any atom is -0.384 e. The summed E-state index contributed by atoms with van der Waals surface area (Å²) in [4.78, 5) is 4.08. The van der Waals surface area contributed by atoms with Gasteiger partial charge in [-0.3, -0.25) is 0 Å². The molecule has 1 aromatic heterocycles. The van der Waals surface area contributed by atoms with Gasteiger partial charge in [0.05, 0.1) is 0 Å². The molecule has 0 amide bonds. The molecule has 2 aromatic rings. The minimum absolute atomic E-state index is 0.371. The van der Waals surface area contributed by atoms with E-state index in [-0.39, 0.29) is 0 Å². The van der Waals surface area contributed by atoms with Crippen molar-refractivity contribution in [1.82, 2.24) is 4.98 Å². The standard InChI is InChI=1S/C14H15BrN2O/c1-8-5-12(14(16)17-7-8)13(18)11-4-3-10(15)6-9(11)2/h3-7,13,18H,1-2H3,(H2,16,17). The first-order chi connectivity index (χ1) is 8.49. The molecule has 1 atom stereocenters. The zero-order chi connectivity index (χ0) is 13.3. The SMILES string of the molecule is Cc1cnc(N)c(C(O)c2ccc(Br)cc2C)c1. The Hall–Kier alpha value is -1.39. The van der Waals surface area contributed by atoms with Crippen LogP contribution in [0.3, 0.4) is 0 Å². The van der Waals surface area contributed by atoms with Crippen molar-refractivity contribution in [1.29, 1.82) is 0 Å². The second kappa shape index (κ2) is 5.08. The molecule has 0 radical (unpaired) electrons. The third kappa shape index (κ3) is 2.54. The van der Waals surface area contributed by atoms with Gasteiger partial charge in [0, 0.05) is 16.2 Å². The van der Waals surface area contributed by atoms with E-state index in [1.54, 1.807) is 6.20 Å². The summed E-state index contributed by atoms with van der Waals surface area (Å²) in [7, 11) is 0. The van der Waals surface area contributed by atoms with E-state index >= 15 is 0 Å². The Bertz CT molecular complexity index is 584. The molecule has 2 rings (SSSR count). The Balaban J connectivity index is 2.47. The second-order valence-electron chi connectivity index (χ2n) is 4.39. The number of nitrogens with zero attached hydrogens (tertiary/aromatic N) is 1. The topological polar surface area (TPSA) is 59.1 Å². The first kappa shape index (κ1) is 13.1. The van der Waals surface area contributed by atoms with Crippen molar-refractivity contribution in [2.24, 2.45) is 0 Å². The minimum atomic E-state index is -0.745. The van der Waals surface area contributed by atoms with E-state index in [0.29, 0.717) is 11.4 Å². The number of anilines is 1. The highest BCUT2D eigenvalue weighted by Gasteiger charge is 2.16. The van der Waals surface area contributed by atoms with Crippen LogP contribution in [0.15, 0.2) is 34.9 Å². The van der Waals surface area contributed by atoms with Crippen LogP contribution in [-0.2, 0) is 0 Å². The Morgan fingerprint density at radius 1 is 1.22 bits per heavy atom. The van der Waals surface area contributed by atoms with E-state index in [1.807, 2.05) is 38.1 Å². The van der Waals surface area contributed by atoms with Gasteiger partial charge in [0.25, 0.3) is 0 Å². The van der Waals surface area contributed by atoms with Gasteiger partial charge < -0.3 is 10.8 Å². The zero-order valence-corrected chi connectivity index (χ0v) is 11.9. The predicted octanol–water partition coefficient (Wildman–Crippen LogP) is 3.12. The third-order valence-electron chi connectivity index (χ3n) is 2.91. The molecule has 3 nitrogen and oxygen atoms in total. The fraction of sp³-hybridized carbons (Fsp3) is 0.214. The van der Waals surface area contributed by atoms with Crippen molar-refractivity contribution < 1.29 is 5.11 Å². The average Bonchev–Trinajstić information content (AvgIpc) is 2.31. The van der Waals surface area contributed by atoms with Crippen molar-refractivity contribution in [3.63, 3.8) is 0 Å². The lowest BCUT2D eigenvalue weighted by molar-refractivity contribution is 0.220. The van der Waals surface area contributed by atoms with Gasteiger partial charge in [-0.2, -0.15) is 0 Å². The number of hydrogen-bond donors (Lipinski definition) is 2. The summed E-state index contributed by atoms with van der Waals surface area (Å²) in [6.07, 6.45) is 0.950. The molecular weight excluding hydrogens is 292 g/mol. The lowest BCUT2D eigenvalue weighted by Crippen LogP contribution is -2.07. The monoisotopic (exact) mass is 306 g/mol. The summed E-state index contributed by atoms with van der Waals surface area (Å²) in [5.41, 5.74) is 9.32. The Morgan fingerprint density at radius 2 is 1.94 bits per heavy atom. The van der Waals surface area contributed by atoms with E-state index < -0.39 is 6.10 Å². The maximum Gasteiger partial charge on any atom is 0.129 e. The van der Waals surface area contributed by atoms with Crippen LogP contribution in [0.2, 0.25) is 0 Å². The van der Waals surface area contributed by atoms with Crippen molar-refractivity contribution in [2.45, 2.75) is 20.0 Å². The van der Waals surface area contributed by atoms with Gasteiger partial charge in [0.15, 0.2) is 0 Å². The number of benzene rings is 1. The lowest BCUT2D eigenvalue weighted by Gasteiger charge is -2.16. The van der Waals surface area contributed by atoms with E-state index in [2.05, 4.69) is 20.9 Å². The lowest BCUT2D eigenvalue weighted by atomic mass is 9.97. The van der Waals surface area contributed by atoms with Crippen LogP contribution in [0.1, 0.15) is 28.4 Å². The first-order valence-electron chi connectivity index (χ1n) is 5.65. The number of hydrogen-bond acceptors (Lipinski definition) is 3. The molecule has 0 spiro atoms. The summed E-state index contributed by atoms with van der Waals surface area (Å²) in [5, 5.41) is 10.4. The van der Waals surface area contributed by atoms with E-state index in [4.69, 9.17) is 5.73 Å². The maximum absolute atomic E-state index is 10.4. The maximum atomic E-state index is 10.4. The van der Waals surface area contributed by atoms with E-state index in [1.165, 1.54) is 0 Å². The smallest absolute Gasteiger partial charge is 0.129 e. The predicted molar refractivity (Wildman–Crippen MR) is 76.3 cm³/mol. The van der Waals surface area contributed by atoms with Gasteiger partial charge in [-0.1, -0.05) is 22.0 Å². The molecule has 4 heteroatoms. The number of rotatable bonds is 2. The van der Waals surface area contributed by atoms with Gasteiger partial charge in [-0.25, -0.2) is 4.98 Å². The molecule has 1 heterocycles. The second-order valence-corrected chi connectivity index (χ2v) is 5.31. The number of halogens is 1. The number of aryl methyl sites for hydroxylation is 2. The molecule has 18 heavy (non-hydrogen) atoms. The summed E-state index contributed by atoms with van der Waals surface area (Å²) < 4.78 is 0.992. The Morgan fingerprint density at radius 3 is 2.61 bits per heavy atom. The molecule has 0 aliphatic heterocycles. The summed E-state index contributed by atoms with van der Waals surface area (Å²) in [6.45, 7) is 3.89. The number of aliphatic hydroxyl groups excluding tert-OH is 1. The molecular formula is C14H15BrN2O. The molecule has 1 unspecified atom stereocenters. The highest BCUT2D eigenvalue weighted by molar-refractivity contribution is 9.10. The summed E-state index contributed by atoms with van der Waals surface area (Å²) in [6, 6.07) is 7.64. The van der Waals surface area contributed by atoms with Gasteiger partial charge in [0.2, 0.25) is 0 Å². The summed E-state index contributed by atoms with van der Waals surface area (Å²) >= 11 is 3.41. The Labute approximate surface area is 115 Å². The number of pyridine rings is 1. The molecule has 0 aliphatic rings. The summed E-state index contributed by atoms with van der Waals surface area (Å²) in [5.74, 6) is 0.371. The number of aliphatic hydroxyl groups is 1. The van der Waals surface area contributed by atoms with Crippen molar-refractivity contribution >= 4 is 21.7 Å². The number of nitrogens with two attached hydrogens (primary N) is 1. The van der Waals surface area contributed by atoms with Gasteiger partial charge >= 0.3 is 0 Å². The van der Waals surface area contributed by atoms with Crippen LogP contribution in [0, 0.1) is 13.8 Å². The molecule has 0 saturated carbocycles. The highest BCUT2D eigenvalue weighted by atomic mass is 79.9. The van der Waals surface area contributed by atoms with E-state index in [9.17, 15) is 5.11 Å². The normalized spacial score (nSPS) is 12.4. The van der Waals surface area contributed by atoms with Gasteiger partial charge in [0.1, 0.15) is 11.9 Å². The van der Waals surface area contributed by atoms with Gasteiger partial charge in [-0.15, -0.1) is 0 Å². The molecule has 0 saturated heterocycles. The van der Waals surface area contributed by atoms with Crippen LogP contribution >= 0.6 is 15.9 Å². The average molecular weight is 307 g/mol. The van der Waals surface area contributed by atoms with Crippen LogP contribution in [0.25, 0.3) is 0 Å². The van der Waals surface area contributed by atoms with E-state index in [0.717, 1.165) is 21.2 Å². The van der Waals surface area contributed by atoms with Crippen molar-refractivity contribution in [3.05, 3.63) is 57.2 Å². The third-order valence-corrected chi connectivity index (χ3v) is 3.40. The quantitative estimate of drug-likeness (QED) is 0.896. The Kier molecular flexibility index (Phi) is 3.68. The molecule has 0 fully saturated rings. The highest BCUT2D eigenvalue weighted by Crippen LogP contribution is 2.29. The largest absolute Gasteiger partial charge is 0.384 e. The van der Waals surface area contributed by atoms with Crippen LogP contribution < -0.4 is 5.73 Å². The molecule has 94 valence electrons. The van der Waals surface area contributed by atoms with Crippen LogP contribution in [0.5, 0.6) is 0 Å². The fourth-order valence-corrected chi connectivity index (χ4v) is 2.41. The van der Waals surface area contributed by atoms with Crippen molar-refractivity contribution in [3.8, 4) is 0 Å². The fourth-order valence-electron chi connectivity index (χ4n) is 1.93. The van der Waals surface area contributed by atoms with Crippen LogP contribution in [0.4, 0.5) is 5.82 Å². The van der Waals surface area contributed by atoms with Crippen molar-refractivity contribution in [2.75, 3.05) is 5.73 Å². The van der Waals surface area contributed by atoms with Gasteiger partial charge in [-0.05, 0) is 48.7 Å². The number of nitrogen functional groups attached to an aromatic ring is 1.